The van der Waals surface area contributed by atoms with Gasteiger partial charge in [0.2, 0.25) is 0 Å². The number of halogens is 1. The fourth-order valence-corrected chi connectivity index (χ4v) is 2.22. The summed E-state index contributed by atoms with van der Waals surface area (Å²) in [6.45, 7) is 5.74. The lowest BCUT2D eigenvalue weighted by molar-refractivity contribution is -0.144. The smallest absolute Gasteiger partial charge is 0.328 e. The quantitative estimate of drug-likeness (QED) is 0.837. The van der Waals surface area contributed by atoms with Crippen molar-refractivity contribution in [3.8, 4) is 0 Å². The van der Waals surface area contributed by atoms with Gasteiger partial charge in [0.05, 0.1) is 7.11 Å². The third-order valence-corrected chi connectivity index (χ3v) is 3.89. The molecule has 0 saturated carbocycles. The number of esters is 1. The number of amides is 1. The summed E-state index contributed by atoms with van der Waals surface area (Å²) in [7, 11) is 1.33. The number of hydrogen-bond acceptors (Lipinski definition) is 3. The normalized spacial score (nSPS) is 13.4. The topological polar surface area (TPSA) is 55.4 Å². The molecular weight excluding hydrogens is 322 g/mol. The van der Waals surface area contributed by atoms with Gasteiger partial charge in [-0.25, -0.2) is 4.79 Å². The predicted octanol–water partition coefficient (Wildman–Crippen LogP) is 3.08. The lowest BCUT2D eigenvalue weighted by atomic mass is 9.98. The SMILES string of the molecule is CCC(C)C(NC(=O)c1cc(Br)ccc1C)C(=O)OC. The van der Waals surface area contributed by atoms with E-state index in [4.69, 9.17) is 4.74 Å². The molecule has 0 fully saturated rings. The van der Waals surface area contributed by atoms with Crippen molar-refractivity contribution in [3.05, 3.63) is 33.8 Å². The van der Waals surface area contributed by atoms with Crippen LogP contribution in [-0.4, -0.2) is 25.0 Å². The Morgan fingerprint density at radius 2 is 2.05 bits per heavy atom. The maximum Gasteiger partial charge on any atom is 0.328 e. The number of methoxy groups -OCH3 is 1. The maximum atomic E-state index is 12.3. The minimum atomic E-state index is -0.629. The number of nitrogens with one attached hydrogen (secondary N) is 1. The summed E-state index contributed by atoms with van der Waals surface area (Å²) < 4.78 is 5.59. The average molecular weight is 342 g/mol. The molecule has 110 valence electrons. The number of carbonyl (C=O) groups excluding carboxylic acids is 2. The third kappa shape index (κ3) is 4.07. The van der Waals surface area contributed by atoms with Gasteiger partial charge >= 0.3 is 5.97 Å². The van der Waals surface area contributed by atoms with Crippen LogP contribution in [0.3, 0.4) is 0 Å². The highest BCUT2D eigenvalue weighted by Gasteiger charge is 2.27. The van der Waals surface area contributed by atoms with Crippen molar-refractivity contribution < 1.29 is 14.3 Å². The lowest BCUT2D eigenvalue weighted by Gasteiger charge is -2.22. The molecule has 0 aliphatic rings. The molecule has 0 saturated heterocycles. The van der Waals surface area contributed by atoms with Gasteiger partial charge in [-0.2, -0.15) is 0 Å². The molecule has 4 nitrogen and oxygen atoms in total. The van der Waals surface area contributed by atoms with Crippen LogP contribution in [0.4, 0.5) is 0 Å². The average Bonchev–Trinajstić information content (AvgIpc) is 2.45. The molecule has 1 rings (SSSR count). The second-order valence-corrected chi connectivity index (χ2v) is 5.73. The first-order valence-electron chi connectivity index (χ1n) is 6.55. The van der Waals surface area contributed by atoms with Crippen LogP contribution in [0.2, 0.25) is 0 Å². The van der Waals surface area contributed by atoms with Gasteiger partial charge in [0.1, 0.15) is 6.04 Å². The second-order valence-electron chi connectivity index (χ2n) is 4.82. The summed E-state index contributed by atoms with van der Waals surface area (Å²) in [5.74, 6) is -0.668. The summed E-state index contributed by atoms with van der Waals surface area (Å²) in [6, 6.07) is 4.85. The molecule has 0 aliphatic carbocycles. The van der Waals surface area contributed by atoms with E-state index < -0.39 is 12.0 Å². The van der Waals surface area contributed by atoms with E-state index in [1.165, 1.54) is 7.11 Å². The standard InChI is InChI=1S/C15H20BrNO3/c1-5-9(2)13(15(19)20-4)17-14(18)12-8-11(16)7-6-10(12)3/h6-9,13H,5H2,1-4H3,(H,17,18). The summed E-state index contributed by atoms with van der Waals surface area (Å²) >= 11 is 3.34. The van der Waals surface area contributed by atoms with Gasteiger partial charge in [-0.05, 0) is 30.5 Å². The van der Waals surface area contributed by atoms with E-state index in [-0.39, 0.29) is 11.8 Å². The van der Waals surface area contributed by atoms with Crippen molar-refractivity contribution in [3.63, 3.8) is 0 Å². The van der Waals surface area contributed by atoms with Crippen molar-refractivity contribution in [2.75, 3.05) is 7.11 Å². The first-order chi connectivity index (χ1) is 9.40. The van der Waals surface area contributed by atoms with E-state index >= 15 is 0 Å². The third-order valence-electron chi connectivity index (χ3n) is 3.40. The van der Waals surface area contributed by atoms with Gasteiger partial charge in [-0.3, -0.25) is 4.79 Å². The molecule has 1 aromatic carbocycles. The molecule has 2 unspecified atom stereocenters. The number of rotatable bonds is 5. The fraction of sp³-hybridized carbons (Fsp3) is 0.467. The monoisotopic (exact) mass is 341 g/mol. The Balaban J connectivity index is 2.96. The van der Waals surface area contributed by atoms with Crippen molar-refractivity contribution in [1.29, 1.82) is 0 Å². The molecule has 1 aromatic rings. The largest absolute Gasteiger partial charge is 0.467 e. The Bertz CT molecular complexity index is 502. The highest BCUT2D eigenvalue weighted by molar-refractivity contribution is 9.10. The van der Waals surface area contributed by atoms with Crippen LogP contribution < -0.4 is 5.32 Å². The molecule has 0 aromatic heterocycles. The molecule has 2 atom stereocenters. The molecular formula is C15H20BrNO3. The van der Waals surface area contributed by atoms with Crippen molar-refractivity contribution in [1.82, 2.24) is 5.32 Å². The fourth-order valence-electron chi connectivity index (χ4n) is 1.85. The molecule has 0 bridgehead atoms. The zero-order chi connectivity index (χ0) is 15.3. The Morgan fingerprint density at radius 3 is 2.60 bits per heavy atom. The number of carbonyl (C=O) groups is 2. The Labute approximate surface area is 128 Å². The van der Waals surface area contributed by atoms with E-state index in [2.05, 4.69) is 21.2 Å². The molecule has 20 heavy (non-hydrogen) atoms. The van der Waals surface area contributed by atoms with Gasteiger partial charge in [-0.15, -0.1) is 0 Å². The van der Waals surface area contributed by atoms with Crippen LogP contribution in [0.1, 0.15) is 36.2 Å². The Hall–Kier alpha value is -1.36. The molecule has 1 amide bonds. The molecule has 1 N–H and O–H groups in total. The van der Waals surface area contributed by atoms with Crippen molar-refractivity contribution in [2.24, 2.45) is 5.92 Å². The Kier molecular flexibility index (Phi) is 6.20. The van der Waals surface area contributed by atoms with E-state index in [0.717, 1.165) is 16.5 Å². The molecule has 0 aliphatic heterocycles. The maximum absolute atomic E-state index is 12.3. The summed E-state index contributed by atoms with van der Waals surface area (Å²) in [6.07, 6.45) is 0.775. The molecule has 0 radical (unpaired) electrons. The summed E-state index contributed by atoms with van der Waals surface area (Å²) in [5.41, 5.74) is 1.41. The van der Waals surface area contributed by atoms with Gasteiger partial charge < -0.3 is 10.1 Å². The summed E-state index contributed by atoms with van der Waals surface area (Å²) in [5, 5.41) is 2.77. The number of hydrogen-bond donors (Lipinski definition) is 1. The van der Waals surface area contributed by atoms with Crippen molar-refractivity contribution in [2.45, 2.75) is 33.2 Å². The Morgan fingerprint density at radius 1 is 1.40 bits per heavy atom. The van der Waals surface area contributed by atoms with Crippen LogP contribution in [-0.2, 0) is 9.53 Å². The predicted molar refractivity (Wildman–Crippen MR) is 81.6 cm³/mol. The van der Waals surface area contributed by atoms with Crippen LogP contribution >= 0.6 is 15.9 Å². The minimum absolute atomic E-state index is 0.0128. The van der Waals surface area contributed by atoms with E-state index in [1.807, 2.05) is 32.9 Å². The molecule has 5 heteroatoms. The lowest BCUT2D eigenvalue weighted by Crippen LogP contribution is -2.45. The second kappa shape index (κ2) is 7.43. The van der Waals surface area contributed by atoms with Crippen LogP contribution in [0.25, 0.3) is 0 Å². The molecule has 0 heterocycles. The van der Waals surface area contributed by atoms with E-state index in [9.17, 15) is 9.59 Å². The zero-order valence-corrected chi connectivity index (χ0v) is 13.8. The van der Waals surface area contributed by atoms with Crippen LogP contribution in [0, 0.1) is 12.8 Å². The minimum Gasteiger partial charge on any atom is -0.467 e. The zero-order valence-electron chi connectivity index (χ0n) is 12.2. The first kappa shape index (κ1) is 16.7. The van der Waals surface area contributed by atoms with Gasteiger partial charge in [0.15, 0.2) is 0 Å². The number of aryl methyl sites for hydroxylation is 1. The highest BCUT2D eigenvalue weighted by Crippen LogP contribution is 2.17. The highest BCUT2D eigenvalue weighted by atomic mass is 79.9. The van der Waals surface area contributed by atoms with Crippen molar-refractivity contribution >= 4 is 27.8 Å². The van der Waals surface area contributed by atoms with E-state index in [1.54, 1.807) is 6.07 Å². The molecule has 0 spiro atoms. The van der Waals surface area contributed by atoms with Gasteiger partial charge in [-0.1, -0.05) is 42.3 Å². The number of benzene rings is 1. The van der Waals surface area contributed by atoms with Gasteiger partial charge in [0.25, 0.3) is 5.91 Å². The van der Waals surface area contributed by atoms with E-state index in [0.29, 0.717) is 5.56 Å². The number of ether oxygens (including phenoxy) is 1. The first-order valence-corrected chi connectivity index (χ1v) is 7.34. The van der Waals surface area contributed by atoms with Crippen LogP contribution in [0.15, 0.2) is 22.7 Å². The van der Waals surface area contributed by atoms with Crippen LogP contribution in [0.5, 0.6) is 0 Å². The summed E-state index contributed by atoms with van der Waals surface area (Å²) in [4.78, 5) is 24.1. The van der Waals surface area contributed by atoms with Gasteiger partial charge in [0, 0.05) is 10.0 Å².